The molecule has 0 saturated heterocycles. The number of carboxylic acids is 1. The van der Waals surface area contributed by atoms with Crippen LogP contribution in [-0.4, -0.2) is 57.9 Å². The molecule has 1 rings (SSSR count). The van der Waals surface area contributed by atoms with Gasteiger partial charge in [0, 0.05) is 6.42 Å². The molecule has 2 atom stereocenters. The summed E-state index contributed by atoms with van der Waals surface area (Å²) in [5, 5.41) is 32.2. The minimum atomic E-state index is -1.62. The normalized spacial score (nSPS) is 13.3. The van der Waals surface area contributed by atoms with E-state index in [1.165, 1.54) is 19.1 Å². The molecular weight excluding hydrogens is 355 g/mol. The molecule has 0 aliphatic carbocycles. The molecule has 148 valence electrons. The molecule has 27 heavy (non-hydrogen) atoms. The molecule has 0 fully saturated rings. The molecule has 0 heterocycles. The van der Waals surface area contributed by atoms with E-state index in [1.54, 1.807) is 32.9 Å². The summed E-state index contributed by atoms with van der Waals surface area (Å²) >= 11 is 0. The summed E-state index contributed by atoms with van der Waals surface area (Å²) in [6.07, 6.45) is -0.794. The lowest BCUT2D eigenvalue weighted by Crippen LogP contribution is -2.51. The van der Waals surface area contributed by atoms with E-state index >= 15 is 0 Å². The monoisotopic (exact) mass is 380 g/mol. The highest BCUT2D eigenvalue weighted by molar-refractivity contribution is 6.58. The third-order valence-corrected chi connectivity index (χ3v) is 3.46. The molecule has 9 nitrogen and oxygen atoms in total. The van der Waals surface area contributed by atoms with Crippen molar-refractivity contribution in [2.24, 2.45) is 0 Å². The highest BCUT2D eigenvalue weighted by atomic mass is 16.6. The summed E-state index contributed by atoms with van der Waals surface area (Å²) < 4.78 is 5.05. The van der Waals surface area contributed by atoms with Crippen molar-refractivity contribution in [3.8, 4) is 0 Å². The molecule has 0 aliphatic rings. The summed E-state index contributed by atoms with van der Waals surface area (Å²) in [6.45, 7) is 6.45. The van der Waals surface area contributed by atoms with Crippen molar-refractivity contribution in [3.05, 3.63) is 29.8 Å². The van der Waals surface area contributed by atoms with Crippen molar-refractivity contribution < 1.29 is 34.3 Å². The van der Waals surface area contributed by atoms with Gasteiger partial charge in [-0.2, -0.15) is 0 Å². The Morgan fingerprint density at radius 3 is 2.11 bits per heavy atom. The predicted octanol–water partition coefficient (Wildman–Crippen LogP) is -0.608. The number of alkyl carbamates (subject to hydrolysis) is 1. The zero-order chi connectivity index (χ0) is 20.8. The van der Waals surface area contributed by atoms with E-state index < -0.39 is 42.8 Å². The predicted molar refractivity (Wildman–Crippen MR) is 98.4 cm³/mol. The van der Waals surface area contributed by atoms with Gasteiger partial charge in [-0.25, -0.2) is 9.59 Å². The number of hydrogen-bond donors (Lipinski definition) is 5. The van der Waals surface area contributed by atoms with Crippen LogP contribution < -0.4 is 16.1 Å². The van der Waals surface area contributed by atoms with Crippen LogP contribution in [0, 0.1) is 0 Å². The van der Waals surface area contributed by atoms with Crippen LogP contribution in [0.4, 0.5) is 4.79 Å². The van der Waals surface area contributed by atoms with Crippen LogP contribution in [0.3, 0.4) is 0 Å². The Morgan fingerprint density at radius 2 is 1.67 bits per heavy atom. The summed E-state index contributed by atoms with van der Waals surface area (Å²) in [4.78, 5) is 35.3. The SMILES string of the molecule is C[C@H](NC(=O)OC(C)(C)C)C(=O)N[C@@H](Cc1ccc(B(O)O)cc1)C(=O)O. The number of aliphatic carboxylic acids is 1. The number of carbonyl (C=O) groups is 3. The van der Waals surface area contributed by atoms with Crippen LogP contribution in [-0.2, 0) is 20.7 Å². The fourth-order valence-electron chi connectivity index (χ4n) is 2.11. The lowest BCUT2D eigenvalue weighted by Gasteiger charge is -2.22. The topological polar surface area (TPSA) is 145 Å². The van der Waals surface area contributed by atoms with Gasteiger partial charge in [-0.05, 0) is 38.7 Å². The van der Waals surface area contributed by atoms with Crippen LogP contribution in [0.1, 0.15) is 33.3 Å². The van der Waals surface area contributed by atoms with Gasteiger partial charge in [0.15, 0.2) is 0 Å². The van der Waals surface area contributed by atoms with Crippen molar-refractivity contribution in [1.82, 2.24) is 10.6 Å². The van der Waals surface area contributed by atoms with E-state index in [9.17, 15) is 19.5 Å². The van der Waals surface area contributed by atoms with Gasteiger partial charge in [-0.3, -0.25) is 4.79 Å². The molecule has 2 amide bonds. The number of nitrogens with one attached hydrogen (secondary N) is 2. The third kappa shape index (κ3) is 8.10. The first-order valence-corrected chi connectivity index (χ1v) is 8.36. The van der Waals surface area contributed by atoms with E-state index in [0.29, 0.717) is 5.56 Å². The molecule has 0 aromatic heterocycles. The van der Waals surface area contributed by atoms with Crippen molar-refractivity contribution in [2.45, 2.75) is 51.8 Å². The number of benzene rings is 1. The van der Waals surface area contributed by atoms with Crippen molar-refractivity contribution in [1.29, 1.82) is 0 Å². The Labute approximate surface area is 157 Å². The Kier molecular flexibility index (Phi) is 7.80. The lowest BCUT2D eigenvalue weighted by atomic mass is 9.80. The number of carbonyl (C=O) groups excluding carboxylic acids is 2. The molecule has 10 heteroatoms. The maximum Gasteiger partial charge on any atom is 0.488 e. The molecule has 0 aliphatic heterocycles. The second-order valence-corrected chi connectivity index (χ2v) is 7.09. The van der Waals surface area contributed by atoms with Gasteiger partial charge in [0.25, 0.3) is 0 Å². The van der Waals surface area contributed by atoms with Gasteiger partial charge in [0.2, 0.25) is 5.91 Å². The third-order valence-electron chi connectivity index (χ3n) is 3.46. The first-order chi connectivity index (χ1) is 12.4. The molecule has 1 aromatic carbocycles. The van der Waals surface area contributed by atoms with Crippen LogP contribution in [0.25, 0.3) is 0 Å². The average molecular weight is 380 g/mol. The van der Waals surface area contributed by atoms with Crippen LogP contribution in [0.2, 0.25) is 0 Å². The van der Waals surface area contributed by atoms with Crippen LogP contribution >= 0.6 is 0 Å². The van der Waals surface area contributed by atoms with E-state index in [-0.39, 0.29) is 11.9 Å². The van der Waals surface area contributed by atoms with Gasteiger partial charge in [-0.15, -0.1) is 0 Å². The average Bonchev–Trinajstić information content (AvgIpc) is 2.52. The molecular formula is C17H25BN2O7. The number of hydrogen-bond acceptors (Lipinski definition) is 6. The zero-order valence-electron chi connectivity index (χ0n) is 15.7. The Bertz CT molecular complexity index is 671. The zero-order valence-corrected chi connectivity index (χ0v) is 15.7. The summed E-state index contributed by atoms with van der Waals surface area (Å²) in [5.41, 5.74) is 0.128. The fraction of sp³-hybridized carbons (Fsp3) is 0.471. The quantitative estimate of drug-likeness (QED) is 0.397. The van der Waals surface area contributed by atoms with Gasteiger partial charge < -0.3 is 30.5 Å². The Balaban J connectivity index is 2.69. The number of rotatable bonds is 7. The molecule has 0 bridgehead atoms. The molecule has 5 N–H and O–H groups in total. The van der Waals surface area contributed by atoms with Crippen LogP contribution in [0.5, 0.6) is 0 Å². The maximum absolute atomic E-state index is 12.2. The Hall–Kier alpha value is -2.59. The van der Waals surface area contributed by atoms with Gasteiger partial charge in [0.05, 0.1) is 0 Å². The standard InChI is InChI=1S/C17H25BN2O7/c1-10(19-16(24)27-17(2,3)4)14(21)20-13(15(22)23)9-11-5-7-12(8-6-11)18(25)26/h5-8,10,13,25-26H,9H2,1-4H3,(H,19,24)(H,20,21)(H,22,23)/t10-,13-/m0/s1. The van der Waals surface area contributed by atoms with E-state index in [1.807, 2.05) is 0 Å². The molecule has 0 saturated carbocycles. The minimum absolute atomic E-state index is 0.0119. The second kappa shape index (κ2) is 9.38. The molecule has 1 aromatic rings. The highest BCUT2D eigenvalue weighted by Crippen LogP contribution is 2.07. The second-order valence-electron chi connectivity index (χ2n) is 7.09. The summed E-state index contributed by atoms with van der Waals surface area (Å²) in [5.74, 6) is -1.91. The molecule has 0 spiro atoms. The number of ether oxygens (including phenoxy) is 1. The Morgan fingerprint density at radius 1 is 1.11 bits per heavy atom. The fourth-order valence-corrected chi connectivity index (χ4v) is 2.11. The van der Waals surface area contributed by atoms with Gasteiger partial charge >= 0.3 is 19.2 Å². The van der Waals surface area contributed by atoms with Crippen molar-refractivity contribution in [3.63, 3.8) is 0 Å². The first-order valence-electron chi connectivity index (χ1n) is 8.36. The first kappa shape index (κ1) is 22.5. The van der Waals surface area contributed by atoms with Crippen molar-refractivity contribution in [2.75, 3.05) is 0 Å². The minimum Gasteiger partial charge on any atom is -0.480 e. The highest BCUT2D eigenvalue weighted by Gasteiger charge is 2.26. The van der Waals surface area contributed by atoms with Gasteiger partial charge in [0.1, 0.15) is 17.7 Å². The summed E-state index contributed by atoms with van der Waals surface area (Å²) in [6, 6.07) is 3.78. The number of carboxylic acid groups (broad SMARTS) is 1. The number of amides is 2. The van der Waals surface area contributed by atoms with E-state index in [0.717, 1.165) is 0 Å². The lowest BCUT2D eigenvalue weighted by molar-refractivity contribution is -0.142. The van der Waals surface area contributed by atoms with Crippen LogP contribution in [0.15, 0.2) is 24.3 Å². The van der Waals surface area contributed by atoms with E-state index in [4.69, 9.17) is 14.8 Å². The largest absolute Gasteiger partial charge is 0.488 e. The summed E-state index contributed by atoms with van der Waals surface area (Å²) in [7, 11) is -1.62. The maximum atomic E-state index is 12.2. The van der Waals surface area contributed by atoms with E-state index in [2.05, 4.69) is 10.6 Å². The molecule has 0 unspecified atom stereocenters. The van der Waals surface area contributed by atoms with Gasteiger partial charge in [-0.1, -0.05) is 24.3 Å². The van der Waals surface area contributed by atoms with Crippen molar-refractivity contribution >= 4 is 30.6 Å². The molecule has 0 radical (unpaired) electrons. The smallest absolute Gasteiger partial charge is 0.480 e.